The lowest BCUT2D eigenvalue weighted by Gasteiger charge is -2.24. The van der Waals surface area contributed by atoms with Gasteiger partial charge in [-0.1, -0.05) is 19.6 Å². The molecular weight excluding hydrogens is 220 g/mol. The van der Waals surface area contributed by atoms with Crippen LogP contribution < -0.4 is 19.4 Å². The highest BCUT2D eigenvalue weighted by Gasteiger charge is 2.28. The molecule has 0 spiro atoms. The Hall–Kier alpha value is -1.16. The van der Waals surface area contributed by atoms with Crippen LogP contribution in [-0.4, -0.2) is 29.4 Å². The summed E-state index contributed by atoms with van der Waals surface area (Å²) >= 11 is 0. The minimum Gasteiger partial charge on any atom is -0.497 e. The van der Waals surface area contributed by atoms with Crippen LogP contribution in [0.2, 0.25) is 19.6 Å². The van der Waals surface area contributed by atoms with Crippen molar-refractivity contribution in [3.05, 3.63) is 12.1 Å². The third-order valence-electron chi connectivity index (χ3n) is 2.48. The molecule has 0 radical (unpaired) electrons. The van der Waals surface area contributed by atoms with Gasteiger partial charge in [-0.15, -0.1) is 0 Å². The van der Waals surface area contributed by atoms with E-state index >= 15 is 0 Å². The normalized spacial score (nSPS) is 11.1. The van der Waals surface area contributed by atoms with E-state index in [0.29, 0.717) is 0 Å². The van der Waals surface area contributed by atoms with E-state index in [-0.39, 0.29) is 0 Å². The highest BCUT2D eigenvalue weighted by atomic mass is 28.3. The summed E-state index contributed by atoms with van der Waals surface area (Å²) in [5.41, 5.74) is 0. The molecular formula is C12H20O3Si. The molecule has 0 aliphatic heterocycles. The summed E-state index contributed by atoms with van der Waals surface area (Å²) in [5.74, 6) is 2.46. The fraction of sp³-hybridized carbons (Fsp3) is 0.500. The van der Waals surface area contributed by atoms with Gasteiger partial charge in [0, 0.05) is 5.19 Å². The quantitative estimate of drug-likeness (QED) is 0.756. The molecule has 0 aromatic heterocycles. The maximum atomic E-state index is 5.47. The Morgan fingerprint density at radius 3 is 1.69 bits per heavy atom. The molecule has 0 heterocycles. The van der Waals surface area contributed by atoms with Crippen LogP contribution in [0.3, 0.4) is 0 Å². The third-order valence-corrected chi connectivity index (χ3v) is 4.45. The second-order valence-electron chi connectivity index (χ2n) is 4.63. The lowest BCUT2D eigenvalue weighted by atomic mass is 10.3. The Bertz CT molecular complexity index is 369. The first-order chi connectivity index (χ1) is 7.45. The Morgan fingerprint density at radius 2 is 1.31 bits per heavy atom. The van der Waals surface area contributed by atoms with E-state index in [2.05, 4.69) is 19.6 Å². The van der Waals surface area contributed by atoms with Gasteiger partial charge in [-0.25, -0.2) is 0 Å². The third kappa shape index (κ3) is 2.32. The van der Waals surface area contributed by atoms with Crippen LogP contribution in [0.5, 0.6) is 17.2 Å². The number of ether oxygens (including phenoxy) is 3. The molecule has 0 fully saturated rings. The van der Waals surface area contributed by atoms with Crippen LogP contribution in [0, 0.1) is 0 Å². The van der Waals surface area contributed by atoms with Gasteiger partial charge in [-0.2, -0.15) is 0 Å². The van der Waals surface area contributed by atoms with Gasteiger partial charge in [0.05, 0.1) is 29.4 Å². The molecule has 0 atom stereocenters. The van der Waals surface area contributed by atoms with E-state index in [1.54, 1.807) is 21.3 Å². The van der Waals surface area contributed by atoms with Crippen LogP contribution in [-0.2, 0) is 0 Å². The van der Waals surface area contributed by atoms with Crippen LogP contribution in [0.1, 0.15) is 0 Å². The molecule has 0 saturated heterocycles. The minimum absolute atomic E-state index is 0.765. The van der Waals surface area contributed by atoms with Crippen LogP contribution in [0.25, 0.3) is 0 Å². The molecule has 90 valence electrons. The van der Waals surface area contributed by atoms with E-state index in [0.717, 1.165) is 22.4 Å². The predicted octanol–water partition coefficient (Wildman–Crippen LogP) is 2.26. The van der Waals surface area contributed by atoms with Gasteiger partial charge in [-0.05, 0) is 12.1 Å². The highest BCUT2D eigenvalue weighted by molar-refractivity contribution is 6.90. The molecule has 0 bridgehead atoms. The van der Waals surface area contributed by atoms with E-state index in [1.165, 1.54) is 0 Å². The molecule has 3 nitrogen and oxygen atoms in total. The second kappa shape index (κ2) is 4.78. The SMILES string of the molecule is COc1ccc(OC)c([Si](C)(C)C)c1OC. The smallest absolute Gasteiger partial charge is 0.163 e. The van der Waals surface area contributed by atoms with Crippen molar-refractivity contribution in [1.29, 1.82) is 0 Å². The maximum Gasteiger partial charge on any atom is 0.163 e. The monoisotopic (exact) mass is 240 g/mol. The van der Waals surface area contributed by atoms with Crippen molar-refractivity contribution in [3.8, 4) is 17.2 Å². The lowest BCUT2D eigenvalue weighted by Crippen LogP contribution is -2.39. The molecule has 1 aromatic carbocycles. The van der Waals surface area contributed by atoms with Gasteiger partial charge in [0.1, 0.15) is 5.75 Å². The zero-order valence-electron chi connectivity index (χ0n) is 10.9. The highest BCUT2D eigenvalue weighted by Crippen LogP contribution is 2.31. The van der Waals surface area contributed by atoms with Crippen molar-refractivity contribution in [1.82, 2.24) is 0 Å². The first-order valence-electron chi connectivity index (χ1n) is 5.25. The standard InChI is InChI=1S/C12H20O3Si/c1-13-9-7-8-10(14-2)12(11(9)15-3)16(4,5)6/h7-8H,1-6H3. The first kappa shape index (κ1) is 12.9. The topological polar surface area (TPSA) is 27.7 Å². The van der Waals surface area contributed by atoms with E-state index in [1.807, 2.05) is 12.1 Å². The van der Waals surface area contributed by atoms with E-state index in [4.69, 9.17) is 14.2 Å². The molecule has 1 rings (SSSR count). The average molecular weight is 240 g/mol. The van der Waals surface area contributed by atoms with Crippen molar-refractivity contribution < 1.29 is 14.2 Å². The molecule has 0 aliphatic carbocycles. The molecule has 0 unspecified atom stereocenters. The number of benzene rings is 1. The summed E-state index contributed by atoms with van der Waals surface area (Å²) in [6.07, 6.45) is 0. The molecule has 4 heteroatoms. The molecule has 0 N–H and O–H groups in total. The number of hydrogen-bond donors (Lipinski definition) is 0. The summed E-state index contributed by atoms with van der Waals surface area (Å²) < 4.78 is 16.2. The van der Waals surface area contributed by atoms with Crippen LogP contribution in [0.15, 0.2) is 12.1 Å². The van der Waals surface area contributed by atoms with E-state index in [9.17, 15) is 0 Å². The summed E-state index contributed by atoms with van der Waals surface area (Å²) in [6, 6.07) is 3.82. The zero-order valence-corrected chi connectivity index (χ0v) is 11.9. The van der Waals surface area contributed by atoms with Crippen molar-refractivity contribution in [3.63, 3.8) is 0 Å². The van der Waals surface area contributed by atoms with Crippen LogP contribution >= 0.6 is 0 Å². The van der Waals surface area contributed by atoms with Gasteiger partial charge in [0.25, 0.3) is 0 Å². The van der Waals surface area contributed by atoms with Crippen molar-refractivity contribution in [2.24, 2.45) is 0 Å². The largest absolute Gasteiger partial charge is 0.497 e. The lowest BCUT2D eigenvalue weighted by molar-refractivity contribution is 0.352. The number of hydrogen-bond acceptors (Lipinski definition) is 3. The zero-order chi connectivity index (χ0) is 12.3. The summed E-state index contributed by atoms with van der Waals surface area (Å²) in [4.78, 5) is 0. The van der Waals surface area contributed by atoms with Gasteiger partial charge in [-0.3, -0.25) is 0 Å². The van der Waals surface area contributed by atoms with Crippen LogP contribution in [0.4, 0.5) is 0 Å². The first-order valence-corrected chi connectivity index (χ1v) is 8.75. The molecule has 0 saturated carbocycles. The minimum atomic E-state index is -1.54. The Balaban J connectivity index is 3.49. The molecule has 16 heavy (non-hydrogen) atoms. The number of methoxy groups -OCH3 is 3. The molecule has 1 aromatic rings. The number of rotatable bonds is 4. The van der Waals surface area contributed by atoms with Crippen molar-refractivity contribution in [2.75, 3.05) is 21.3 Å². The maximum absolute atomic E-state index is 5.47. The fourth-order valence-corrected chi connectivity index (χ4v) is 3.62. The predicted molar refractivity (Wildman–Crippen MR) is 69.1 cm³/mol. The van der Waals surface area contributed by atoms with Gasteiger partial charge >= 0.3 is 0 Å². The Morgan fingerprint density at radius 1 is 0.812 bits per heavy atom. The molecule has 0 aliphatic rings. The summed E-state index contributed by atoms with van der Waals surface area (Å²) in [6.45, 7) is 6.77. The van der Waals surface area contributed by atoms with E-state index < -0.39 is 8.07 Å². The van der Waals surface area contributed by atoms with Gasteiger partial charge < -0.3 is 14.2 Å². The average Bonchev–Trinajstić information content (AvgIpc) is 2.25. The summed E-state index contributed by atoms with van der Waals surface area (Å²) in [7, 11) is 3.46. The Kier molecular flexibility index (Phi) is 3.86. The summed E-state index contributed by atoms with van der Waals surface area (Å²) in [5, 5.41) is 1.16. The van der Waals surface area contributed by atoms with Crippen molar-refractivity contribution >= 4 is 13.3 Å². The second-order valence-corrected chi connectivity index (χ2v) is 9.63. The van der Waals surface area contributed by atoms with Gasteiger partial charge in [0.2, 0.25) is 0 Å². The fourth-order valence-electron chi connectivity index (χ4n) is 1.79. The van der Waals surface area contributed by atoms with Crippen molar-refractivity contribution in [2.45, 2.75) is 19.6 Å². The van der Waals surface area contributed by atoms with Gasteiger partial charge in [0.15, 0.2) is 11.5 Å². The molecule has 0 amide bonds. The Labute approximate surface area is 98.3 Å².